The van der Waals surface area contributed by atoms with Crippen molar-refractivity contribution in [2.24, 2.45) is 0 Å². The molecule has 1 N–H and O–H groups in total. The third-order valence-corrected chi connectivity index (χ3v) is 3.90. The Balaban J connectivity index is 2.16. The van der Waals surface area contributed by atoms with Crippen molar-refractivity contribution in [3.05, 3.63) is 45.1 Å². The molecule has 1 aromatic carbocycles. The molecule has 0 saturated carbocycles. The van der Waals surface area contributed by atoms with E-state index in [0.29, 0.717) is 5.69 Å². The molecule has 0 bridgehead atoms. The first-order chi connectivity index (χ1) is 8.08. The minimum Gasteiger partial charge on any atom is -0.378 e. The molecular weight excluding hydrogens is 259 g/mol. The van der Waals surface area contributed by atoms with E-state index in [1.807, 2.05) is 19.4 Å². The Morgan fingerprint density at radius 1 is 1.47 bits per heavy atom. The Labute approximate surface area is 108 Å². The van der Waals surface area contributed by atoms with Gasteiger partial charge >= 0.3 is 0 Å². The summed E-state index contributed by atoms with van der Waals surface area (Å²) < 4.78 is 13.3. The summed E-state index contributed by atoms with van der Waals surface area (Å²) in [6, 6.07) is 4.81. The van der Waals surface area contributed by atoms with E-state index in [4.69, 9.17) is 11.6 Å². The molecule has 0 amide bonds. The third-order valence-electron chi connectivity index (χ3n) is 2.48. The van der Waals surface area contributed by atoms with E-state index in [1.165, 1.54) is 6.07 Å². The first kappa shape index (κ1) is 12.3. The number of aryl methyl sites for hydroxylation is 1. The fraction of sp³-hybridized carbons (Fsp3) is 0.250. The summed E-state index contributed by atoms with van der Waals surface area (Å²) in [7, 11) is 0. The zero-order valence-electron chi connectivity index (χ0n) is 9.50. The quantitative estimate of drug-likeness (QED) is 0.893. The highest BCUT2D eigenvalue weighted by Crippen LogP contribution is 2.26. The second-order valence-corrected chi connectivity index (χ2v) is 5.09. The molecule has 5 heteroatoms. The van der Waals surface area contributed by atoms with Gasteiger partial charge in [0.05, 0.1) is 22.3 Å². The van der Waals surface area contributed by atoms with Gasteiger partial charge in [0.25, 0.3) is 0 Å². The van der Waals surface area contributed by atoms with Crippen molar-refractivity contribution in [2.75, 3.05) is 5.32 Å². The molecule has 17 heavy (non-hydrogen) atoms. The average Bonchev–Trinajstić information content (AvgIpc) is 2.70. The SMILES string of the molecule is Cc1ncsc1C(C)Nc1ccc(Cl)c(F)c1. The van der Waals surface area contributed by atoms with Crippen LogP contribution < -0.4 is 5.32 Å². The molecule has 0 fully saturated rings. The van der Waals surface area contributed by atoms with Gasteiger partial charge in [-0.25, -0.2) is 9.37 Å². The van der Waals surface area contributed by atoms with E-state index in [-0.39, 0.29) is 11.1 Å². The summed E-state index contributed by atoms with van der Waals surface area (Å²) in [5.41, 5.74) is 3.53. The number of halogens is 2. The first-order valence-electron chi connectivity index (χ1n) is 5.19. The number of benzene rings is 1. The number of hydrogen-bond acceptors (Lipinski definition) is 3. The summed E-state index contributed by atoms with van der Waals surface area (Å²) in [5, 5.41) is 3.36. The molecule has 2 rings (SSSR count). The number of nitrogens with zero attached hydrogens (tertiary/aromatic N) is 1. The highest BCUT2D eigenvalue weighted by atomic mass is 35.5. The smallest absolute Gasteiger partial charge is 0.143 e. The lowest BCUT2D eigenvalue weighted by atomic mass is 10.2. The van der Waals surface area contributed by atoms with E-state index >= 15 is 0 Å². The Bertz CT molecular complexity index is 527. The predicted octanol–water partition coefficient (Wildman–Crippen LogP) is 4.42. The number of anilines is 1. The van der Waals surface area contributed by atoms with Crippen molar-refractivity contribution in [3.63, 3.8) is 0 Å². The largest absolute Gasteiger partial charge is 0.378 e. The van der Waals surface area contributed by atoms with Gasteiger partial charge in [-0.3, -0.25) is 0 Å². The van der Waals surface area contributed by atoms with Crippen LogP contribution in [0.2, 0.25) is 5.02 Å². The summed E-state index contributed by atoms with van der Waals surface area (Å²) in [6.45, 7) is 3.99. The summed E-state index contributed by atoms with van der Waals surface area (Å²) in [6.07, 6.45) is 0. The Kier molecular flexibility index (Phi) is 3.64. The van der Waals surface area contributed by atoms with E-state index in [9.17, 15) is 4.39 Å². The maximum atomic E-state index is 13.3. The zero-order chi connectivity index (χ0) is 12.4. The second-order valence-electron chi connectivity index (χ2n) is 3.80. The van der Waals surface area contributed by atoms with E-state index in [1.54, 1.807) is 23.5 Å². The number of rotatable bonds is 3. The van der Waals surface area contributed by atoms with E-state index in [2.05, 4.69) is 10.3 Å². The first-order valence-corrected chi connectivity index (χ1v) is 6.45. The van der Waals surface area contributed by atoms with Crippen LogP contribution in [0.3, 0.4) is 0 Å². The van der Waals surface area contributed by atoms with Crippen LogP contribution in [-0.2, 0) is 0 Å². The normalized spacial score (nSPS) is 12.5. The van der Waals surface area contributed by atoms with Gasteiger partial charge in [0, 0.05) is 10.6 Å². The fourth-order valence-corrected chi connectivity index (χ4v) is 2.56. The molecule has 0 aliphatic rings. The number of aromatic nitrogens is 1. The zero-order valence-corrected chi connectivity index (χ0v) is 11.1. The maximum Gasteiger partial charge on any atom is 0.143 e. The van der Waals surface area contributed by atoms with Crippen LogP contribution in [-0.4, -0.2) is 4.98 Å². The molecule has 1 heterocycles. The molecule has 0 radical (unpaired) electrons. The Morgan fingerprint density at radius 2 is 2.24 bits per heavy atom. The number of hydrogen-bond donors (Lipinski definition) is 1. The number of nitrogens with one attached hydrogen (secondary N) is 1. The molecule has 2 nitrogen and oxygen atoms in total. The highest BCUT2D eigenvalue weighted by molar-refractivity contribution is 7.09. The average molecular weight is 271 g/mol. The molecular formula is C12H12ClFN2S. The molecule has 1 aromatic heterocycles. The van der Waals surface area contributed by atoms with Gasteiger partial charge in [-0.1, -0.05) is 11.6 Å². The molecule has 0 aliphatic carbocycles. The van der Waals surface area contributed by atoms with Gasteiger partial charge < -0.3 is 5.32 Å². The van der Waals surface area contributed by atoms with Crippen LogP contribution in [0.15, 0.2) is 23.7 Å². The van der Waals surface area contributed by atoms with Gasteiger partial charge in [-0.05, 0) is 32.0 Å². The topological polar surface area (TPSA) is 24.9 Å². The molecule has 2 aromatic rings. The molecule has 1 unspecified atom stereocenters. The predicted molar refractivity (Wildman–Crippen MR) is 70.3 cm³/mol. The molecule has 0 spiro atoms. The van der Waals surface area contributed by atoms with Crippen LogP contribution in [0, 0.1) is 12.7 Å². The van der Waals surface area contributed by atoms with Crippen molar-refractivity contribution in [1.29, 1.82) is 0 Å². The molecule has 90 valence electrons. The van der Waals surface area contributed by atoms with Gasteiger partial charge in [0.2, 0.25) is 0 Å². The second kappa shape index (κ2) is 5.02. The summed E-state index contributed by atoms with van der Waals surface area (Å²) >= 11 is 7.22. The minimum absolute atomic E-state index is 0.100. The highest BCUT2D eigenvalue weighted by Gasteiger charge is 2.11. The van der Waals surface area contributed by atoms with Gasteiger partial charge in [0.15, 0.2) is 0 Å². The van der Waals surface area contributed by atoms with Crippen LogP contribution in [0.25, 0.3) is 0 Å². The maximum absolute atomic E-state index is 13.3. The van der Waals surface area contributed by atoms with E-state index in [0.717, 1.165) is 10.6 Å². The molecule has 1 atom stereocenters. The van der Waals surface area contributed by atoms with Crippen molar-refractivity contribution >= 4 is 28.6 Å². The lowest BCUT2D eigenvalue weighted by Crippen LogP contribution is -2.06. The summed E-state index contributed by atoms with van der Waals surface area (Å²) in [5.74, 6) is -0.412. The van der Waals surface area contributed by atoms with Gasteiger partial charge in [0.1, 0.15) is 5.82 Å². The lowest BCUT2D eigenvalue weighted by Gasteiger charge is -2.14. The van der Waals surface area contributed by atoms with Crippen molar-refractivity contribution < 1.29 is 4.39 Å². The Morgan fingerprint density at radius 3 is 2.82 bits per heavy atom. The minimum atomic E-state index is -0.412. The van der Waals surface area contributed by atoms with Crippen LogP contribution in [0.5, 0.6) is 0 Å². The fourth-order valence-electron chi connectivity index (χ4n) is 1.63. The lowest BCUT2D eigenvalue weighted by molar-refractivity contribution is 0.628. The molecule has 0 aliphatic heterocycles. The van der Waals surface area contributed by atoms with Gasteiger partial charge in [-0.2, -0.15) is 0 Å². The van der Waals surface area contributed by atoms with E-state index < -0.39 is 5.82 Å². The van der Waals surface area contributed by atoms with Gasteiger partial charge in [-0.15, -0.1) is 11.3 Å². The van der Waals surface area contributed by atoms with Crippen molar-refractivity contribution in [1.82, 2.24) is 4.98 Å². The summed E-state index contributed by atoms with van der Waals surface area (Å²) in [4.78, 5) is 5.35. The van der Waals surface area contributed by atoms with Crippen molar-refractivity contribution in [2.45, 2.75) is 19.9 Å². The van der Waals surface area contributed by atoms with Crippen molar-refractivity contribution in [3.8, 4) is 0 Å². The molecule has 0 saturated heterocycles. The van der Waals surface area contributed by atoms with Crippen LogP contribution in [0.4, 0.5) is 10.1 Å². The monoisotopic (exact) mass is 270 g/mol. The Hall–Kier alpha value is -1.13. The van der Waals surface area contributed by atoms with Crippen LogP contribution in [0.1, 0.15) is 23.5 Å². The van der Waals surface area contributed by atoms with Crippen LogP contribution >= 0.6 is 22.9 Å². The third kappa shape index (κ3) is 2.76. The standard InChI is InChI=1S/C12H12ClFN2S/c1-7-12(17-6-15-7)8(2)16-9-3-4-10(13)11(14)5-9/h3-6,8,16H,1-2H3. The number of thiazole rings is 1.